The van der Waals surface area contributed by atoms with Gasteiger partial charge in [0.1, 0.15) is 5.82 Å². The van der Waals surface area contributed by atoms with Gasteiger partial charge in [-0.1, -0.05) is 39.0 Å². The van der Waals surface area contributed by atoms with Crippen LogP contribution in [0.25, 0.3) is 0 Å². The van der Waals surface area contributed by atoms with E-state index in [4.69, 9.17) is 0 Å². The summed E-state index contributed by atoms with van der Waals surface area (Å²) in [5, 5.41) is 0. The van der Waals surface area contributed by atoms with Gasteiger partial charge in [-0.2, -0.15) is 0 Å². The second-order valence-corrected chi connectivity index (χ2v) is 4.93. The van der Waals surface area contributed by atoms with E-state index < -0.39 is 11.7 Å². The number of aromatic nitrogens is 1. The molecule has 0 aliphatic carbocycles. The first-order valence-electron chi connectivity index (χ1n) is 7.07. The van der Waals surface area contributed by atoms with Crippen LogP contribution in [-0.4, -0.2) is 23.2 Å². The molecule has 4 nitrogen and oxygen atoms in total. The van der Waals surface area contributed by atoms with Crippen molar-refractivity contribution in [3.63, 3.8) is 0 Å². The van der Waals surface area contributed by atoms with Gasteiger partial charge in [-0.15, -0.1) is 0 Å². The zero-order valence-electron chi connectivity index (χ0n) is 11.4. The number of hydrogen-bond acceptors (Lipinski definition) is 3. The van der Waals surface area contributed by atoms with Crippen molar-refractivity contribution in [2.75, 3.05) is 11.4 Å². The van der Waals surface area contributed by atoms with Crippen molar-refractivity contribution in [3.8, 4) is 0 Å². The highest BCUT2D eigenvalue weighted by Crippen LogP contribution is 2.26. The third-order valence-electron chi connectivity index (χ3n) is 3.46. The van der Waals surface area contributed by atoms with Gasteiger partial charge in [-0.25, -0.2) is 4.98 Å². The average Bonchev–Trinajstić information content (AvgIpc) is 2.68. The lowest BCUT2D eigenvalue weighted by atomic mass is 10.1. The van der Waals surface area contributed by atoms with Gasteiger partial charge in [0, 0.05) is 12.7 Å². The minimum Gasteiger partial charge on any atom is -0.289 e. The minimum absolute atomic E-state index is 0.422. The fraction of sp³-hybridized carbons (Fsp3) is 0.533. The van der Waals surface area contributed by atoms with Crippen LogP contribution in [0.1, 0.15) is 55.8 Å². The molecule has 0 saturated carbocycles. The molecule has 2 heterocycles. The van der Waals surface area contributed by atoms with Crippen LogP contribution >= 0.6 is 0 Å². The monoisotopic (exact) mass is 260 g/mol. The fourth-order valence-electron chi connectivity index (χ4n) is 2.38. The lowest BCUT2D eigenvalue weighted by molar-refractivity contribution is -0.114. The van der Waals surface area contributed by atoms with E-state index in [2.05, 4.69) is 11.9 Å². The predicted octanol–water partition coefficient (Wildman–Crippen LogP) is 2.97. The second-order valence-electron chi connectivity index (χ2n) is 4.93. The molecular formula is C15H20N2O2. The number of Topliss-reactive ketones (excluding diaryl/α,β-unsaturated/α-hetero) is 1. The molecule has 1 aliphatic heterocycles. The Labute approximate surface area is 113 Å². The molecule has 0 fully saturated rings. The summed E-state index contributed by atoms with van der Waals surface area (Å²) in [6.45, 7) is 2.79. The Bertz CT molecular complexity index is 471. The molecule has 2 rings (SSSR count). The molecule has 0 aromatic carbocycles. The summed E-state index contributed by atoms with van der Waals surface area (Å²) in [7, 11) is 0. The molecule has 0 N–H and O–H groups in total. The van der Waals surface area contributed by atoms with Crippen LogP contribution in [-0.2, 0) is 4.79 Å². The Hall–Kier alpha value is -1.71. The van der Waals surface area contributed by atoms with Crippen LogP contribution in [0.3, 0.4) is 0 Å². The maximum atomic E-state index is 11.9. The van der Waals surface area contributed by atoms with Crippen LogP contribution < -0.4 is 4.90 Å². The number of fused-ring (bicyclic) bond motifs is 1. The lowest BCUT2D eigenvalue weighted by Gasteiger charge is -2.14. The Balaban J connectivity index is 1.87. The number of anilines is 1. The molecule has 1 aromatic heterocycles. The van der Waals surface area contributed by atoms with Crippen LogP contribution in [0.15, 0.2) is 18.3 Å². The fourth-order valence-corrected chi connectivity index (χ4v) is 2.38. The van der Waals surface area contributed by atoms with Crippen LogP contribution in [0, 0.1) is 0 Å². The van der Waals surface area contributed by atoms with Crippen molar-refractivity contribution in [2.45, 2.75) is 45.4 Å². The van der Waals surface area contributed by atoms with Gasteiger partial charge in [-0.05, 0) is 18.6 Å². The first kappa shape index (κ1) is 13.7. The lowest BCUT2D eigenvalue weighted by Crippen LogP contribution is -2.31. The standard InChI is InChI=1S/C15H20N2O2/c1-2-3-4-5-6-7-11-17-14-12(9-8-10-16-14)13(18)15(17)19/h8-10H,2-7,11H2,1H3. The van der Waals surface area contributed by atoms with Crippen molar-refractivity contribution in [3.05, 3.63) is 23.9 Å². The molecule has 0 saturated heterocycles. The summed E-state index contributed by atoms with van der Waals surface area (Å²) in [6, 6.07) is 3.36. The Morgan fingerprint density at radius 3 is 2.63 bits per heavy atom. The second kappa shape index (κ2) is 6.45. The molecule has 4 heteroatoms. The smallest absolute Gasteiger partial charge is 0.289 e. The average molecular weight is 260 g/mol. The third kappa shape index (κ3) is 3.00. The van der Waals surface area contributed by atoms with Gasteiger partial charge in [0.15, 0.2) is 0 Å². The summed E-state index contributed by atoms with van der Waals surface area (Å²) in [5.41, 5.74) is 0.443. The van der Waals surface area contributed by atoms with Crippen molar-refractivity contribution >= 4 is 17.5 Å². The molecule has 1 aliphatic rings. The van der Waals surface area contributed by atoms with Gasteiger partial charge < -0.3 is 0 Å². The molecule has 1 aromatic rings. The Kier molecular flexibility index (Phi) is 4.66. The number of unbranched alkanes of at least 4 members (excludes halogenated alkanes) is 5. The summed E-state index contributed by atoms with van der Waals surface area (Å²) in [6.07, 6.45) is 8.59. The molecule has 0 atom stereocenters. The maximum absolute atomic E-state index is 11.9. The van der Waals surface area contributed by atoms with Crippen LogP contribution in [0.4, 0.5) is 5.82 Å². The third-order valence-corrected chi connectivity index (χ3v) is 3.46. The predicted molar refractivity (Wildman–Crippen MR) is 74.3 cm³/mol. The molecule has 0 spiro atoms. The highest BCUT2D eigenvalue weighted by molar-refractivity contribution is 6.51. The van der Waals surface area contributed by atoms with Gasteiger partial charge in [0.05, 0.1) is 5.56 Å². The topological polar surface area (TPSA) is 50.3 Å². The van der Waals surface area contributed by atoms with E-state index in [1.54, 1.807) is 18.3 Å². The first-order valence-corrected chi connectivity index (χ1v) is 7.07. The molecule has 0 unspecified atom stereocenters. The first-order chi connectivity index (χ1) is 9.25. The van der Waals surface area contributed by atoms with E-state index in [9.17, 15) is 9.59 Å². The number of hydrogen-bond donors (Lipinski definition) is 0. The van der Waals surface area contributed by atoms with Crippen molar-refractivity contribution in [1.82, 2.24) is 4.98 Å². The molecule has 0 bridgehead atoms. The number of carbonyl (C=O) groups is 2. The SMILES string of the molecule is CCCCCCCCN1C(=O)C(=O)c2cccnc21. The van der Waals surface area contributed by atoms with Gasteiger partial charge >= 0.3 is 5.91 Å². The number of nitrogens with zero attached hydrogens (tertiary/aromatic N) is 2. The van der Waals surface area contributed by atoms with Gasteiger partial charge in [0.25, 0.3) is 5.78 Å². The molecule has 102 valence electrons. The van der Waals surface area contributed by atoms with Crippen LogP contribution in [0.2, 0.25) is 0 Å². The number of pyridine rings is 1. The molecule has 1 amide bonds. The van der Waals surface area contributed by atoms with Crippen LogP contribution in [0.5, 0.6) is 0 Å². The van der Waals surface area contributed by atoms with E-state index >= 15 is 0 Å². The van der Waals surface area contributed by atoms with Crippen molar-refractivity contribution in [2.24, 2.45) is 0 Å². The molecular weight excluding hydrogens is 240 g/mol. The van der Waals surface area contributed by atoms with E-state index in [1.807, 2.05) is 0 Å². The summed E-state index contributed by atoms with van der Waals surface area (Å²) in [5.74, 6) is -0.317. The van der Waals surface area contributed by atoms with Gasteiger partial charge in [0.2, 0.25) is 0 Å². The minimum atomic E-state index is -0.428. The molecule has 19 heavy (non-hydrogen) atoms. The van der Waals surface area contributed by atoms with Gasteiger partial charge in [-0.3, -0.25) is 14.5 Å². The quantitative estimate of drug-likeness (QED) is 0.559. The Morgan fingerprint density at radius 1 is 1.11 bits per heavy atom. The number of amides is 1. The van der Waals surface area contributed by atoms with Crippen molar-refractivity contribution < 1.29 is 9.59 Å². The number of rotatable bonds is 7. The summed E-state index contributed by atoms with van der Waals surface area (Å²) < 4.78 is 0. The normalized spacial score (nSPS) is 14.1. The highest BCUT2D eigenvalue weighted by atomic mass is 16.2. The summed E-state index contributed by atoms with van der Waals surface area (Å²) in [4.78, 5) is 29.3. The number of ketones is 1. The highest BCUT2D eigenvalue weighted by Gasteiger charge is 2.36. The number of carbonyl (C=O) groups excluding carboxylic acids is 2. The Morgan fingerprint density at radius 2 is 1.84 bits per heavy atom. The van der Waals surface area contributed by atoms with E-state index in [0.29, 0.717) is 17.9 Å². The zero-order chi connectivity index (χ0) is 13.7. The van der Waals surface area contributed by atoms with Crippen molar-refractivity contribution in [1.29, 1.82) is 0 Å². The molecule has 0 radical (unpaired) electrons. The largest absolute Gasteiger partial charge is 0.300 e. The van der Waals surface area contributed by atoms with E-state index in [1.165, 1.54) is 30.6 Å². The summed E-state index contributed by atoms with van der Waals surface area (Å²) >= 11 is 0. The zero-order valence-corrected chi connectivity index (χ0v) is 11.4. The van der Waals surface area contributed by atoms with E-state index in [-0.39, 0.29) is 0 Å². The maximum Gasteiger partial charge on any atom is 0.300 e. The van der Waals surface area contributed by atoms with E-state index in [0.717, 1.165) is 12.8 Å².